The Labute approximate surface area is 88.9 Å². The Morgan fingerprint density at radius 1 is 1.73 bits per heavy atom. The molecule has 1 atom stereocenters. The number of hydrogen-bond donors (Lipinski definition) is 2. The van der Waals surface area contributed by atoms with Crippen molar-refractivity contribution in [3.8, 4) is 0 Å². The van der Waals surface area contributed by atoms with E-state index in [1.165, 1.54) is 11.0 Å². The van der Waals surface area contributed by atoms with Gasteiger partial charge < -0.3 is 5.73 Å². The fourth-order valence-electron chi connectivity index (χ4n) is 1.17. The lowest BCUT2D eigenvalue weighted by Gasteiger charge is -2.10. The van der Waals surface area contributed by atoms with Gasteiger partial charge in [0.1, 0.15) is 6.33 Å². The lowest BCUT2D eigenvalue weighted by atomic mass is 10.1. The van der Waals surface area contributed by atoms with Gasteiger partial charge in [-0.25, -0.2) is 4.68 Å². The maximum atomic E-state index is 11.6. The van der Waals surface area contributed by atoms with Crippen molar-refractivity contribution >= 4 is 11.9 Å². The van der Waals surface area contributed by atoms with E-state index in [1.807, 2.05) is 0 Å². The number of hydrogen-bond acceptors (Lipinski definition) is 4. The third-order valence-corrected chi connectivity index (χ3v) is 2.15. The Morgan fingerprint density at radius 3 is 3.00 bits per heavy atom. The van der Waals surface area contributed by atoms with Crippen molar-refractivity contribution in [2.24, 2.45) is 12.8 Å². The Bertz CT molecular complexity index is 322. The molecule has 0 aliphatic heterocycles. The highest BCUT2D eigenvalue weighted by Crippen LogP contribution is 2.02. The number of aryl methyl sites for hydroxylation is 1. The molecule has 3 N–H and O–H groups in total. The van der Waals surface area contributed by atoms with Crippen molar-refractivity contribution in [3.05, 3.63) is 6.33 Å². The zero-order valence-electron chi connectivity index (χ0n) is 9.10. The topological polar surface area (TPSA) is 85.8 Å². The summed E-state index contributed by atoms with van der Waals surface area (Å²) in [6.45, 7) is 2.06. The van der Waals surface area contributed by atoms with E-state index in [4.69, 9.17) is 5.73 Å². The molecule has 0 aliphatic rings. The summed E-state index contributed by atoms with van der Waals surface area (Å²) >= 11 is 0. The molecule has 1 aromatic heterocycles. The maximum Gasteiger partial charge on any atom is 0.243 e. The first-order chi connectivity index (χ1) is 7.15. The van der Waals surface area contributed by atoms with E-state index in [0.717, 1.165) is 12.8 Å². The molecule has 0 fully saturated rings. The fourth-order valence-corrected chi connectivity index (χ4v) is 1.17. The molecule has 1 rings (SSSR count). The largest absolute Gasteiger partial charge is 0.320 e. The third kappa shape index (κ3) is 3.32. The van der Waals surface area contributed by atoms with Crippen molar-refractivity contribution in [2.75, 3.05) is 5.32 Å². The van der Waals surface area contributed by atoms with E-state index >= 15 is 0 Å². The van der Waals surface area contributed by atoms with Crippen LogP contribution in [-0.4, -0.2) is 26.7 Å². The Hall–Kier alpha value is -1.43. The summed E-state index contributed by atoms with van der Waals surface area (Å²) in [4.78, 5) is 15.4. The highest BCUT2D eigenvalue weighted by molar-refractivity contribution is 5.93. The van der Waals surface area contributed by atoms with Crippen molar-refractivity contribution in [2.45, 2.75) is 32.2 Å². The SMILES string of the molecule is CCCC[C@H](N)C(=O)Nc1ncnn1C. The van der Waals surface area contributed by atoms with E-state index < -0.39 is 6.04 Å². The molecule has 6 nitrogen and oxygen atoms in total. The average molecular weight is 211 g/mol. The van der Waals surface area contributed by atoms with Crippen molar-refractivity contribution < 1.29 is 4.79 Å². The van der Waals surface area contributed by atoms with Crippen LogP contribution in [-0.2, 0) is 11.8 Å². The summed E-state index contributed by atoms with van der Waals surface area (Å²) in [6.07, 6.45) is 4.06. The second kappa shape index (κ2) is 5.45. The number of carbonyl (C=O) groups is 1. The molecule has 0 saturated heterocycles. The summed E-state index contributed by atoms with van der Waals surface area (Å²) in [5.41, 5.74) is 5.70. The molecule has 0 bridgehead atoms. The van der Waals surface area contributed by atoms with Gasteiger partial charge in [0.25, 0.3) is 0 Å². The Kier molecular flexibility index (Phi) is 4.23. The minimum Gasteiger partial charge on any atom is -0.320 e. The molecule has 0 aliphatic carbocycles. The molecule has 0 spiro atoms. The van der Waals surface area contributed by atoms with Gasteiger partial charge in [0.2, 0.25) is 11.9 Å². The summed E-state index contributed by atoms with van der Waals surface area (Å²) in [5, 5.41) is 6.47. The first-order valence-corrected chi connectivity index (χ1v) is 5.05. The predicted octanol–water partition coefficient (Wildman–Crippen LogP) is 0.271. The number of aromatic nitrogens is 3. The number of nitrogens with one attached hydrogen (secondary N) is 1. The molecule has 84 valence electrons. The molecule has 15 heavy (non-hydrogen) atoms. The lowest BCUT2D eigenvalue weighted by Crippen LogP contribution is -2.36. The van der Waals surface area contributed by atoms with E-state index in [0.29, 0.717) is 12.4 Å². The number of unbranched alkanes of at least 4 members (excludes halogenated alkanes) is 1. The van der Waals surface area contributed by atoms with Crippen LogP contribution in [0.2, 0.25) is 0 Å². The highest BCUT2D eigenvalue weighted by atomic mass is 16.2. The van der Waals surface area contributed by atoms with Gasteiger partial charge in [-0.3, -0.25) is 10.1 Å². The fraction of sp³-hybridized carbons (Fsp3) is 0.667. The molecule has 0 aromatic carbocycles. The van der Waals surface area contributed by atoms with Crippen LogP contribution < -0.4 is 11.1 Å². The lowest BCUT2D eigenvalue weighted by molar-refractivity contribution is -0.117. The van der Waals surface area contributed by atoms with Gasteiger partial charge in [-0.2, -0.15) is 10.1 Å². The van der Waals surface area contributed by atoms with Crippen LogP contribution in [0.4, 0.5) is 5.95 Å². The van der Waals surface area contributed by atoms with Crippen LogP contribution in [0, 0.1) is 0 Å². The molecule has 1 heterocycles. The molecule has 0 unspecified atom stereocenters. The standard InChI is InChI=1S/C9H17N5O/c1-3-4-5-7(10)8(15)13-9-11-6-12-14(9)2/h6-7H,3-5,10H2,1-2H3,(H,11,12,13,15)/t7-/m0/s1. The van der Waals surface area contributed by atoms with Gasteiger partial charge in [0.15, 0.2) is 0 Å². The zero-order chi connectivity index (χ0) is 11.3. The van der Waals surface area contributed by atoms with E-state index in [2.05, 4.69) is 22.3 Å². The summed E-state index contributed by atoms with van der Waals surface area (Å²) in [5.74, 6) is 0.214. The van der Waals surface area contributed by atoms with Crippen LogP contribution in [0.5, 0.6) is 0 Å². The smallest absolute Gasteiger partial charge is 0.243 e. The van der Waals surface area contributed by atoms with Gasteiger partial charge in [0.05, 0.1) is 6.04 Å². The number of carbonyl (C=O) groups excluding carboxylic acids is 1. The second-order valence-corrected chi connectivity index (χ2v) is 3.45. The van der Waals surface area contributed by atoms with Gasteiger partial charge in [0, 0.05) is 7.05 Å². The number of nitrogens with zero attached hydrogens (tertiary/aromatic N) is 3. The molecule has 0 saturated carbocycles. The molecular formula is C9H17N5O. The van der Waals surface area contributed by atoms with Gasteiger partial charge in [-0.15, -0.1) is 0 Å². The van der Waals surface area contributed by atoms with Crippen LogP contribution in [0.1, 0.15) is 26.2 Å². The number of amides is 1. The third-order valence-electron chi connectivity index (χ3n) is 2.15. The first kappa shape index (κ1) is 11.6. The Balaban J connectivity index is 2.45. The average Bonchev–Trinajstić information content (AvgIpc) is 2.61. The minimum absolute atomic E-state index is 0.209. The zero-order valence-corrected chi connectivity index (χ0v) is 9.10. The van der Waals surface area contributed by atoms with E-state index in [1.54, 1.807) is 7.05 Å². The van der Waals surface area contributed by atoms with Gasteiger partial charge in [-0.05, 0) is 6.42 Å². The number of rotatable bonds is 5. The van der Waals surface area contributed by atoms with Crippen molar-refractivity contribution in [3.63, 3.8) is 0 Å². The van der Waals surface area contributed by atoms with Gasteiger partial charge in [-0.1, -0.05) is 19.8 Å². The van der Waals surface area contributed by atoms with Crippen molar-refractivity contribution in [1.82, 2.24) is 14.8 Å². The molecule has 1 aromatic rings. The van der Waals surface area contributed by atoms with Crippen LogP contribution >= 0.6 is 0 Å². The van der Waals surface area contributed by atoms with Crippen LogP contribution in [0.25, 0.3) is 0 Å². The van der Waals surface area contributed by atoms with Crippen LogP contribution in [0.15, 0.2) is 6.33 Å². The molecule has 1 amide bonds. The maximum absolute atomic E-state index is 11.6. The summed E-state index contributed by atoms with van der Waals surface area (Å²) in [7, 11) is 1.71. The van der Waals surface area contributed by atoms with Crippen LogP contribution in [0.3, 0.4) is 0 Å². The first-order valence-electron chi connectivity index (χ1n) is 5.05. The summed E-state index contributed by atoms with van der Waals surface area (Å²) < 4.78 is 1.49. The van der Waals surface area contributed by atoms with E-state index in [9.17, 15) is 4.79 Å². The molecule has 6 heteroatoms. The number of nitrogens with two attached hydrogens (primary N) is 1. The summed E-state index contributed by atoms with van der Waals surface area (Å²) in [6, 6.07) is -0.471. The van der Waals surface area contributed by atoms with E-state index in [-0.39, 0.29) is 5.91 Å². The quantitative estimate of drug-likeness (QED) is 0.732. The number of anilines is 1. The second-order valence-electron chi connectivity index (χ2n) is 3.45. The molecular weight excluding hydrogens is 194 g/mol. The monoisotopic (exact) mass is 211 g/mol. The molecule has 0 radical (unpaired) electrons. The minimum atomic E-state index is -0.471. The Morgan fingerprint density at radius 2 is 2.47 bits per heavy atom. The normalized spacial score (nSPS) is 12.5. The van der Waals surface area contributed by atoms with Crippen molar-refractivity contribution in [1.29, 1.82) is 0 Å². The highest BCUT2D eigenvalue weighted by Gasteiger charge is 2.14. The predicted molar refractivity (Wildman–Crippen MR) is 57.1 cm³/mol. The van der Waals surface area contributed by atoms with Gasteiger partial charge >= 0.3 is 0 Å².